The summed E-state index contributed by atoms with van der Waals surface area (Å²) in [5.74, 6) is 0. The van der Waals surface area contributed by atoms with Crippen LogP contribution in [0.3, 0.4) is 0 Å². The number of hydrogen-bond acceptors (Lipinski definition) is 1. The van der Waals surface area contributed by atoms with E-state index in [1.54, 1.807) is 0 Å². The molecular formula is C12H14BrF2N. The third-order valence-electron chi connectivity index (χ3n) is 3.31. The topological polar surface area (TPSA) is 12.0 Å². The molecule has 1 saturated heterocycles. The van der Waals surface area contributed by atoms with Gasteiger partial charge in [-0.2, -0.15) is 0 Å². The number of hydrogen-bond donors (Lipinski definition) is 1. The van der Waals surface area contributed by atoms with E-state index in [1.165, 1.54) is 0 Å². The summed E-state index contributed by atoms with van der Waals surface area (Å²) in [7, 11) is 0. The van der Waals surface area contributed by atoms with Gasteiger partial charge in [-0.15, -0.1) is 0 Å². The van der Waals surface area contributed by atoms with Crippen molar-refractivity contribution < 1.29 is 8.78 Å². The number of alkyl halides is 2. The van der Waals surface area contributed by atoms with Gasteiger partial charge in [0, 0.05) is 4.47 Å². The normalized spacial score (nSPS) is 20.0. The number of piperidine rings is 1. The number of rotatable bonds is 2. The van der Waals surface area contributed by atoms with Crippen molar-refractivity contribution >= 4 is 15.9 Å². The van der Waals surface area contributed by atoms with E-state index in [-0.39, 0.29) is 0 Å². The molecule has 0 spiro atoms. The zero-order valence-corrected chi connectivity index (χ0v) is 10.4. The first-order valence-corrected chi connectivity index (χ1v) is 6.19. The lowest BCUT2D eigenvalue weighted by atomic mass is 9.73. The minimum atomic E-state index is -2.30. The zero-order chi connectivity index (χ0) is 11.6. The van der Waals surface area contributed by atoms with Gasteiger partial charge in [0.05, 0.1) is 5.41 Å². The largest absolute Gasteiger partial charge is 0.317 e. The van der Waals surface area contributed by atoms with Crippen LogP contribution in [0.4, 0.5) is 8.78 Å². The second-order valence-electron chi connectivity index (χ2n) is 4.22. The standard InChI is InChI=1S/C12H14BrF2N/c13-10-3-1-2-9(8-10)12(11(14)15)4-6-16-7-5-12/h1-3,8,11,16H,4-7H2. The molecule has 2 rings (SSSR count). The van der Waals surface area contributed by atoms with Crippen LogP contribution >= 0.6 is 15.9 Å². The monoisotopic (exact) mass is 289 g/mol. The second-order valence-corrected chi connectivity index (χ2v) is 5.13. The van der Waals surface area contributed by atoms with Crippen LogP contribution in [0.5, 0.6) is 0 Å². The highest BCUT2D eigenvalue weighted by atomic mass is 79.9. The van der Waals surface area contributed by atoms with Gasteiger partial charge in [0.25, 0.3) is 0 Å². The fraction of sp³-hybridized carbons (Fsp3) is 0.500. The minimum absolute atomic E-state index is 0.501. The molecule has 0 aliphatic carbocycles. The molecule has 1 heterocycles. The lowest BCUT2D eigenvalue weighted by molar-refractivity contribution is 0.0295. The average Bonchev–Trinajstić information content (AvgIpc) is 2.30. The molecular weight excluding hydrogens is 276 g/mol. The summed E-state index contributed by atoms with van der Waals surface area (Å²) in [6, 6.07) is 7.31. The van der Waals surface area contributed by atoms with Crippen molar-refractivity contribution in [2.75, 3.05) is 13.1 Å². The van der Waals surface area contributed by atoms with Crippen molar-refractivity contribution in [2.24, 2.45) is 0 Å². The predicted molar refractivity (Wildman–Crippen MR) is 63.9 cm³/mol. The molecule has 16 heavy (non-hydrogen) atoms. The quantitative estimate of drug-likeness (QED) is 0.881. The molecule has 1 fully saturated rings. The maximum absolute atomic E-state index is 13.3. The Labute approximate surface area is 102 Å². The molecule has 0 bridgehead atoms. The van der Waals surface area contributed by atoms with Crippen LogP contribution in [-0.4, -0.2) is 19.5 Å². The Morgan fingerprint density at radius 1 is 1.25 bits per heavy atom. The Hall–Kier alpha value is -0.480. The van der Waals surface area contributed by atoms with Crippen LogP contribution in [0.1, 0.15) is 18.4 Å². The number of nitrogens with one attached hydrogen (secondary N) is 1. The van der Waals surface area contributed by atoms with Gasteiger partial charge >= 0.3 is 0 Å². The SMILES string of the molecule is FC(F)C1(c2cccc(Br)c2)CCNCC1. The van der Waals surface area contributed by atoms with Crippen molar-refractivity contribution in [3.8, 4) is 0 Å². The smallest absolute Gasteiger partial charge is 0.248 e. The summed E-state index contributed by atoms with van der Waals surface area (Å²) >= 11 is 3.34. The molecule has 1 aliphatic rings. The Morgan fingerprint density at radius 2 is 1.94 bits per heavy atom. The molecule has 1 aromatic rings. The predicted octanol–water partition coefficient (Wildman–Crippen LogP) is 3.34. The average molecular weight is 290 g/mol. The fourth-order valence-corrected chi connectivity index (χ4v) is 2.70. The van der Waals surface area contributed by atoms with E-state index in [0.29, 0.717) is 25.9 Å². The molecule has 0 unspecified atom stereocenters. The van der Waals surface area contributed by atoms with Gasteiger partial charge in [-0.3, -0.25) is 0 Å². The molecule has 1 aromatic carbocycles. The Kier molecular flexibility index (Phi) is 3.60. The minimum Gasteiger partial charge on any atom is -0.317 e. The summed E-state index contributed by atoms with van der Waals surface area (Å²) in [5, 5.41) is 3.13. The third kappa shape index (κ3) is 2.13. The summed E-state index contributed by atoms with van der Waals surface area (Å²) in [6.45, 7) is 1.33. The Morgan fingerprint density at radius 3 is 2.50 bits per heavy atom. The Bertz CT molecular complexity index is 362. The van der Waals surface area contributed by atoms with Crippen molar-refractivity contribution in [3.63, 3.8) is 0 Å². The molecule has 0 amide bonds. The first-order valence-electron chi connectivity index (χ1n) is 5.40. The van der Waals surface area contributed by atoms with E-state index < -0.39 is 11.8 Å². The van der Waals surface area contributed by atoms with E-state index >= 15 is 0 Å². The second kappa shape index (κ2) is 4.80. The van der Waals surface area contributed by atoms with Gasteiger partial charge in [0.2, 0.25) is 6.43 Å². The molecule has 1 N–H and O–H groups in total. The van der Waals surface area contributed by atoms with Gasteiger partial charge in [-0.1, -0.05) is 28.1 Å². The summed E-state index contributed by atoms with van der Waals surface area (Å²) in [4.78, 5) is 0. The molecule has 1 aliphatic heterocycles. The van der Waals surface area contributed by atoms with Crippen molar-refractivity contribution in [3.05, 3.63) is 34.3 Å². The van der Waals surface area contributed by atoms with Crippen LogP contribution in [0.15, 0.2) is 28.7 Å². The molecule has 1 nitrogen and oxygen atoms in total. The van der Waals surface area contributed by atoms with Crippen molar-refractivity contribution in [2.45, 2.75) is 24.7 Å². The highest BCUT2D eigenvalue weighted by Crippen LogP contribution is 2.39. The molecule has 4 heteroatoms. The lowest BCUT2D eigenvalue weighted by Crippen LogP contribution is -2.44. The van der Waals surface area contributed by atoms with E-state index in [2.05, 4.69) is 21.2 Å². The van der Waals surface area contributed by atoms with E-state index in [9.17, 15) is 8.78 Å². The zero-order valence-electron chi connectivity index (χ0n) is 8.85. The summed E-state index contributed by atoms with van der Waals surface area (Å²) in [6.07, 6.45) is -1.30. The van der Waals surface area contributed by atoms with Crippen LogP contribution in [-0.2, 0) is 5.41 Å². The molecule has 0 saturated carbocycles. The highest BCUT2D eigenvalue weighted by Gasteiger charge is 2.42. The van der Waals surface area contributed by atoms with Gasteiger partial charge in [0.1, 0.15) is 0 Å². The van der Waals surface area contributed by atoms with E-state index in [4.69, 9.17) is 0 Å². The molecule has 0 radical (unpaired) electrons. The van der Waals surface area contributed by atoms with Crippen LogP contribution in [0, 0.1) is 0 Å². The van der Waals surface area contributed by atoms with Crippen LogP contribution < -0.4 is 5.32 Å². The maximum Gasteiger partial charge on any atom is 0.248 e. The fourth-order valence-electron chi connectivity index (χ4n) is 2.30. The van der Waals surface area contributed by atoms with Crippen LogP contribution in [0.25, 0.3) is 0 Å². The molecule has 88 valence electrons. The number of benzene rings is 1. The van der Waals surface area contributed by atoms with Crippen molar-refractivity contribution in [1.29, 1.82) is 0 Å². The van der Waals surface area contributed by atoms with Gasteiger partial charge in [-0.25, -0.2) is 8.78 Å². The summed E-state index contributed by atoms with van der Waals surface area (Å²) in [5.41, 5.74) is -0.215. The third-order valence-corrected chi connectivity index (χ3v) is 3.81. The van der Waals surface area contributed by atoms with E-state index in [0.717, 1.165) is 10.0 Å². The van der Waals surface area contributed by atoms with Gasteiger partial charge < -0.3 is 5.32 Å². The number of halogens is 3. The van der Waals surface area contributed by atoms with Gasteiger partial charge in [0.15, 0.2) is 0 Å². The lowest BCUT2D eigenvalue weighted by Gasteiger charge is -2.37. The van der Waals surface area contributed by atoms with Crippen molar-refractivity contribution in [1.82, 2.24) is 5.32 Å². The highest BCUT2D eigenvalue weighted by molar-refractivity contribution is 9.10. The first kappa shape index (κ1) is 12.0. The molecule has 0 aromatic heterocycles. The molecule has 0 atom stereocenters. The maximum atomic E-state index is 13.3. The van der Waals surface area contributed by atoms with E-state index in [1.807, 2.05) is 24.3 Å². The summed E-state index contributed by atoms with van der Waals surface area (Å²) < 4.78 is 27.6. The Balaban J connectivity index is 2.38. The first-order chi connectivity index (χ1) is 7.65. The van der Waals surface area contributed by atoms with Crippen LogP contribution in [0.2, 0.25) is 0 Å². The van der Waals surface area contributed by atoms with Gasteiger partial charge in [-0.05, 0) is 43.6 Å².